The molecule has 3 N–H and O–H groups in total. The van der Waals surface area contributed by atoms with Gasteiger partial charge in [-0.15, -0.1) is 0 Å². The smallest absolute Gasteiger partial charge is 0.391 e. The normalized spacial score (nSPS) is 21.5. The van der Waals surface area contributed by atoms with Gasteiger partial charge in [0.2, 0.25) is 5.95 Å². The number of fused-ring (bicyclic) bond motifs is 2. The van der Waals surface area contributed by atoms with Crippen molar-refractivity contribution in [3.8, 4) is 5.75 Å². The van der Waals surface area contributed by atoms with Crippen molar-refractivity contribution < 1.29 is 27.5 Å². The molecule has 2 aromatic carbocycles. The molecule has 3 aliphatic rings. The number of amides is 2. The van der Waals surface area contributed by atoms with Crippen LogP contribution in [-0.4, -0.2) is 58.8 Å². The van der Waals surface area contributed by atoms with Crippen molar-refractivity contribution in [3.63, 3.8) is 0 Å². The van der Waals surface area contributed by atoms with Crippen molar-refractivity contribution in [2.75, 3.05) is 30.4 Å². The number of pyridine rings is 1. The van der Waals surface area contributed by atoms with Crippen LogP contribution in [0.2, 0.25) is 10.0 Å². The Bertz CT molecular complexity index is 1950. The topological polar surface area (TPSA) is 113 Å². The van der Waals surface area contributed by atoms with E-state index in [-0.39, 0.29) is 50.1 Å². The molecule has 15 heteroatoms. The van der Waals surface area contributed by atoms with E-state index in [4.69, 9.17) is 32.9 Å². The number of imidazole rings is 1. The Labute approximate surface area is 296 Å². The predicted molar refractivity (Wildman–Crippen MR) is 185 cm³/mol. The fourth-order valence-electron chi connectivity index (χ4n) is 7.10. The number of methoxy groups -OCH3 is 1. The Morgan fingerprint density at radius 3 is 2.46 bits per heavy atom. The lowest BCUT2D eigenvalue weighted by Crippen LogP contribution is -2.40. The second kappa shape index (κ2) is 13.5. The first-order chi connectivity index (χ1) is 23.9. The second-order valence-electron chi connectivity index (χ2n) is 13.4. The lowest BCUT2D eigenvalue weighted by atomic mass is 9.85. The van der Waals surface area contributed by atoms with Crippen molar-refractivity contribution in [1.29, 1.82) is 0 Å². The lowest BCUT2D eigenvalue weighted by molar-refractivity contribution is -0.182. The molecule has 1 aliphatic heterocycles. The summed E-state index contributed by atoms with van der Waals surface area (Å²) in [5.74, 6) is 0.103. The second-order valence-corrected chi connectivity index (χ2v) is 14.2. The van der Waals surface area contributed by atoms with Gasteiger partial charge < -0.3 is 30.2 Å². The van der Waals surface area contributed by atoms with E-state index < -0.39 is 12.1 Å². The number of hydrogen-bond donors (Lipinski definition) is 3. The number of alkyl halides is 3. The monoisotopic (exact) mass is 729 g/mol. The number of benzene rings is 2. The summed E-state index contributed by atoms with van der Waals surface area (Å²) in [6, 6.07) is 8.36. The number of rotatable bonds is 9. The molecule has 0 radical (unpaired) electrons. The number of anilines is 3. The Morgan fingerprint density at radius 1 is 1.02 bits per heavy atom. The molecule has 2 amide bonds. The molecule has 0 bridgehead atoms. The van der Waals surface area contributed by atoms with Crippen LogP contribution in [0.3, 0.4) is 0 Å². The van der Waals surface area contributed by atoms with E-state index >= 15 is 0 Å². The third kappa shape index (κ3) is 6.89. The maximum Gasteiger partial charge on any atom is 0.391 e. The number of piperidine rings is 1. The number of carbonyl (C=O) groups is 2. The molecule has 10 nitrogen and oxygen atoms in total. The van der Waals surface area contributed by atoms with Crippen LogP contribution in [0, 0.1) is 17.8 Å². The molecule has 2 saturated carbocycles. The number of hydrogen-bond acceptors (Lipinski definition) is 7. The van der Waals surface area contributed by atoms with Crippen LogP contribution in [-0.2, 0) is 13.6 Å². The molecule has 50 heavy (non-hydrogen) atoms. The van der Waals surface area contributed by atoms with Crippen molar-refractivity contribution in [1.82, 2.24) is 25.2 Å². The summed E-state index contributed by atoms with van der Waals surface area (Å²) >= 11 is 13.4. The third-order valence-electron chi connectivity index (χ3n) is 10.1. The van der Waals surface area contributed by atoms with Gasteiger partial charge in [-0.25, -0.2) is 4.98 Å². The van der Waals surface area contributed by atoms with Crippen LogP contribution in [0.5, 0.6) is 5.75 Å². The van der Waals surface area contributed by atoms with Crippen molar-refractivity contribution >= 4 is 63.4 Å². The summed E-state index contributed by atoms with van der Waals surface area (Å²) in [4.78, 5) is 37.6. The Balaban J connectivity index is 1.13. The van der Waals surface area contributed by atoms with E-state index in [1.54, 1.807) is 24.3 Å². The van der Waals surface area contributed by atoms with Gasteiger partial charge in [-0.2, -0.15) is 13.2 Å². The van der Waals surface area contributed by atoms with Crippen molar-refractivity contribution in [3.05, 3.63) is 69.5 Å². The van der Waals surface area contributed by atoms with E-state index in [1.807, 2.05) is 17.7 Å². The van der Waals surface area contributed by atoms with Crippen LogP contribution in [0.25, 0.3) is 11.0 Å². The van der Waals surface area contributed by atoms with E-state index in [0.717, 1.165) is 24.3 Å². The predicted octanol–water partition coefficient (Wildman–Crippen LogP) is 7.26. The SMILES string of the molecule is COc1cncc(C(=O)NCc2ccc(Cl)c(Nc3nc4cc(C(=O)N[C@H]5CC[C@H](C(F)(F)F)CC5)c(N5CC6CC6C5)cc4n3C)c2Cl)c1. The first-order valence-electron chi connectivity index (χ1n) is 16.5. The van der Waals surface area contributed by atoms with Crippen molar-refractivity contribution in [2.45, 2.75) is 50.9 Å². The van der Waals surface area contributed by atoms with Gasteiger partial charge in [-0.1, -0.05) is 29.3 Å². The third-order valence-corrected chi connectivity index (χ3v) is 10.9. The fourth-order valence-corrected chi connectivity index (χ4v) is 7.63. The average molecular weight is 731 g/mol. The molecule has 2 unspecified atom stereocenters. The maximum atomic E-state index is 13.8. The number of halogens is 5. The van der Waals surface area contributed by atoms with Gasteiger partial charge in [-0.3, -0.25) is 14.6 Å². The van der Waals surface area contributed by atoms with Gasteiger partial charge in [0.1, 0.15) is 5.75 Å². The number of aryl methyl sites for hydroxylation is 1. The molecule has 3 fully saturated rings. The standard InChI is InChI=1S/C35H36Cl2F3N7O3/c1-46-29-12-28(47-16-20-9-21(20)17-47)25(33(49)43-23-6-4-22(5-7-23)35(38,39)40)11-27(29)44-34(46)45-31-26(36)8-3-18(30(31)37)14-42-32(48)19-10-24(50-2)15-41-13-19/h3,8,10-13,15,20-23H,4-7,9,14,16-17H2,1-2H3,(H,42,48)(H,43,49)(H,44,45)/t20?,21?,22-,23-. The van der Waals surface area contributed by atoms with Crippen LogP contribution in [0.4, 0.5) is 30.5 Å². The van der Waals surface area contributed by atoms with Gasteiger partial charge in [-0.05, 0) is 73.8 Å². The molecule has 2 aromatic heterocycles. The highest BCUT2D eigenvalue weighted by Crippen LogP contribution is 2.47. The van der Waals surface area contributed by atoms with Gasteiger partial charge in [0.15, 0.2) is 0 Å². The molecule has 264 valence electrons. The summed E-state index contributed by atoms with van der Waals surface area (Å²) < 4.78 is 46.7. The number of carbonyl (C=O) groups excluding carboxylic acids is 2. The molecule has 3 heterocycles. The fraction of sp³-hybridized carbons (Fsp3) is 0.429. The van der Waals surface area contributed by atoms with Crippen LogP contribution < -0.4 is 25.6 Å². The Morgan fingerprint density at radius 2 is 1.76 bits per heavy atom. The Kier molecular flexibility index (Phi) is 9.23. The molecule has 1 saturated heterocycles. The van der Waals surface area contributed by atoms with Gasteiger partial charge in [0.25, 0.3) is 11.8 Å². The summed E-state index contributed by atoms with van der Waals surface area (Å²) in [6.45, 7) is 1.80. The lowest BCUT2D eigenvalue weighted by Gasteiger charge is -2.31. The zero-order chi connectivity index (χ0) is 35.3. The number of nitrogens with one attached hydrogen (secondary N) is 3. The minimum Gasteiger partial charge on any atom is -0.495 e. The minimum atomic E-state index is -4.21. The first kappa shape index (κ1) is 34.2. The van der Waals surface area contributed by atoms with Gasteiger partial charge in [0.05, 0.1) is 62.8 Å². The number of ether oxygens (including phenoxy) is 1. The summed E-state index contributed by atoms with van der Waals surface area (Å²) in [5, 5.41) is 9.75. The van der Waals surface area contributed by atoms with Crippen LogP contribution >= 0.6 is 23.2 Å². The van der Waals surface area contributed by atoms with Crippen LogP contribution in [0.15, 0.2) is 42.7 Å². The van der Waals surface area contributed by atoms with Crippen LogP contribution in [0.1, 0.15) is 58.4 Å². The van der Waals surface area contributed by atoms with E-state index in [0.29, 0.717) is 61.5 Å². The highest BCUT2D eigenvalue weighted by atomic mass is 35.5. The zero-order valence-electron chi connectivity index (χ0n) is 27.4. The van der Waals surface area contributed by atoms with Gasteiger partial charge in [0, 0.05) is 38.9 Å². The molecule has 2 aliphatic carbocycles. The average Bonchev–Trinajstić information content (AvgIpc) is 3.59. The molecule has 7 rings (SSSR count). The minimum absolute atomic E-state index is 0.00349. The highest BCUT2D eigenvalue weighted by molar-refractivity contribution is 6.39. The summed E-state index contributed by atoms with van der Waals surface area (Å²) in [7, 11) is 3.34. The number of nitrogens with zero attached hydrogens (tertiary/aromatic N) is 4. The highest BCUT2D eigenvalue weighted by Gasteiger charge is 2.46. The summed E-state index contributed by atoms with van der Waals surface area (Å²) in [6.07, 6.45) is 0.485. The molecular formula is C35H36Cl2F3N7O3. The first-order valence-corrected chi connectivity index (χ1v) is 17.3. The molecule has 4 aromatic rings. The van der Waals surface area contributed by atoms with Crippen molar-refractivity contribution in [2.24, 2.45) is 24.8 Å². The Hall–Kier alpha value is -4.23. The summed E-state index contributed by atoms with van der Waals surface area (Å²) in [5.41, 5.74) is 3.89. The van der Waals surface area contributed by atoms with E-state index in [2.05, 4.69) is 25.8 Å². The van der Waals surface area contributed by atoms with E-state index in [1.165, 1.54) is 25.9 Å². The maximum absolute atomic E-state index is 13.8. The van der Waals surface area contributed by atoms with Gasteiger partial charge >= 0.3 is 6.18 Å². The molecule has 2 atom stereocenters. The molecule has 0 spiro atoms. The molecular weight excluding hydrogens is 694 g/mol. The largest absolute Gasteiger partial charge is 0.495 e. The quantitative estimate of drug-likeness (QED) is 0.166. The number of aromatic nitrogens is 3. The van der Waals surface area contributed by atoms with E-state index in [9.17, 15) is 22.8 Å². The zero-order valence-corrected chi connectivity index (χ0v) is 28.9.